The lowest BCUT2D eigenvalue weighted by atomic mass is 9.98. The van der Waals surface area contributed by atoms with Crippen LogP contribution in [0.4, 0.5) is 4.39 Å². The second-order valence-electron chi connectivity index (χ2n) is 5.03. The van der Waals surface area contributed by atoms with Gasteiger partial charge in [0.2, 0.25) is 0 Å². The monoisotopic (exact) mass is 281 g/mol. The number of fused-ring (bicyclic) bond motifs is 1. The van der Waals surface area contributed by atoms with Crippen LogP contribution in [0.1, 0.15) is 22.9 Å². The number of halogens is 1. The zero-order valence-electron chi connectivity index (χ0n) is 11.7. The van der Waals surface area contributed by atoms with E-state index in [1.807, 2.05) is 30.3 Å². The van der Waals surface area contributed by atoms with Gasteiger partial charge in [0, 0.05) is 11.6 Å². The van der Waals surface area contributed by atoms with Gasteiger partial charge in [-0.2, -0.15) is 0 Å². The van der Waals surface area contributed by atoms with Gasteiger partial charge in [-0.15, -0.1) is 0 Å². The molecule has 1 atom stereocenters. The van der Waals surface area contributed by atoms with Gasteiger partial charge in [0.1, 0.15) is 5.82 Å². The van der Waals surface area contributed by atoms with Crippen LogP contribution in [0.25, 0.3) is 10.8 Å². The van der Waals surface area contributed by atoms with E-state index in [4.69, 9.17) is 5.84 Å². The standard InChI is InChI=1S/C17H16FN3/c1-11-10-13(6-7-15(11)18)16(21-19)17-14-5-3-2-4-12(14)8-9-20-17/h2-10,16,21H,19H2,1H3. The lowest BCUT2D eigenvalue weighted by molar-refractivity contribution is 0.604. The van der Waals surface area contributed by atoms with Crippen molar-refractivity contribution in [3.8, 4) is 0 Å². The van der Waals surface area contributed by atoms with Crippen LogP contribution in [0.2, 0.25) is 0 Å². The van der Waals surface area contributed by atoms with Gasteiger partial charge in [0.25, 0.3) is 0 Å². The van der Waals surface area contributed by atoms with E-state index < -0.39 is 0 Å². The molecule has 0 radical (unpaired) electrons. The van der Waals surface area contributed by atoms with Crippen LogP contribution in [0.3, 0.4) is 0 Å². The zero-order chi connectivity index (χ0) is 14.8. The number of pyridine rings is 1. The average molecular weight is 281 g/mol. The smallest absolute Gasteiger partial charge is 0.126 e. The molecule has 0 amide bonds. The molecule has 0 bridgehead atoms. The molecule has 0 spiro atoms. The maximum absolute atomic E-state index is 13.5. The Balaban J connectivity index is 2.16. The summed E-state index contributed by atoms with van der Waals surface area (Å²) in [6, 6.07) is 14.7. The van der Waals surface area contributed by atoms with Crippen LogP contribution in [-0.2, 0) is 0 Å². The third-order valence-electron chi connectivity index (χ3n) is 3.66. The fourth-order valence-corrected chi connectivity index (χ4v) is 2.55. The lowest BCUT2D eigenvalue weighted by Crippen LogP contribution is -2.29. The number of aromatic nitrogens is 1. The summed E-state index contributed by atoms with van der Waals surface area (Å²) in [5.74, 6) is 5.51. The van der Waals surface area contributed by atoms with Crippen molar-refractivity contribution in [3.05, 3.63) is 77.4 Å². The Hall–Kier alpha value is -2.30. The molecule has 0 saturated carbocycles. The highest BCUT2D eigenvalue weighted by molar-refractivity contribution is 5.85. The van der Waals surface area contributed by atoms with Crippen LogP contribution >= 0.6 is 0 Å². The van der Waals surface area contributed by atoms with E-state index in [0.717, 1.165) is 22.0 Å². The van der Waals surface area contributed by atoms with Crippen LogP contribution in [0.15, 0.2) is 54.7 Å². The number of rotatable bonds is 3. The topological polar surface area (TPSA) is 50.9 Å². The van der Waals surface area contributed by atoms with Crippen molar-refractivity contribution in [2.75, 3.05) is 0 Å². The van der Waals surface area contributed by atoms with E-state index in [1.165, 1.54) is 6.07 Å². The number of nitrogens with one attached hydrogen (secondary N) is 1. The molecule has 1 heterocycles. The number of benzene rings is 2. The van der Waals surface area contributed by atoms with E-state index in [0.29, 0.717) is 5.56 Å². The van der Waals surface area contributed by atoms with Crippen molar-refractivity contribution in [2.45, 2.75) is 13.0 Å². The largest absolute Gasteiger partial charge is 0.271 e. The normalized spacial score (nSPS) is 12.5. The minimum absolute atomic E-state index is 0.222. The molecule has 3 nitrogen and oxygen atoms in total. The minimum Gasteiger partial charge on any atom is -0.271 e. The van der Waals surface area contributed by atoms with Crippen LogP contribution < -0.4 is 11.3 Å². The Labute approximate surface area is 122 Å². The molecule has 3 aromatic rings. The molecule has 2 aromatic carbocycles. The molecule has 0 aliphatic carbocycles. The van der Waals surface area contributed by atoms with E-state index in [2.05, 4.69) is 10.4 Å². The molecule has 21 heavy (non-hydrogen) atoms. The highest BCUT2D eigenvalue weighted by atomic mass is 19.1. The van der Waals surface area contributed by atoms with E-state index in [-0.39, 0.29) is 11.9 Å². The molecular weight excluding hydrogens is 265 g/mol. The maximum Gasteiger partial charge on any atom is 0.126 e. The summed E-state index contributed by atoms with van der Waals surface area (Å²) in [6.45, 7) is 1.74. The van der Waals surface area contributed by atoms with Gasteiger partial charge >= 0.3 is 0 Å². The third kappa shape index (κ3) is 2.51. The Morgan fingerprint density at radius 3 is 2.71 bits per heavy atom. The first-order valence-corrected chi connectivity index (χ1v) is 6.76. The summed E-state index contributed by atoms with van der Waals surface area (Å²) < 4.78 is 13.5. The molecular formula is C17H16FN3. The van der Waals surface area contributed by atoms with Crippen LogP contribution in [0.5, 0.6) is 0 Å². The fraction of sp³-hybridized carbons (Fsp3) is 0.118. The average Bonchev–Trinajstić information content (AvgIpc) is 2.52. The lowest BCUT2D eigenvalue weighted by Gasteiger charge is -2.18. The summed E-state index contributed by atoms with van der Waals surface area (Å²) in [5.41, 5.74) is 5.10. The Bertz CT molecular complexity index is 781. The van der Waals surface area contributed by atoms with Gasteiger partial charge in [-0.3, -0.25) is 10.8 Å². The summed E-state index contributed by atoms with van der Waals surface area (Å²) in [5, 5.41) is 2.13. The van der Waals surface area contributed by atoms with E-state index >= 15 is 0 Å². The predicted octanol–water partition coefficient (Wildman–Crippen LogP) is 3.24. The van der Waals surface area contributed by atoms with Crippen molar-refractivity contribution >= 4 is 10.8 Å². The summed E-state index contributed by atoms with van der Waals surface area (Å²) in [6.07, 6.45) is 1.76. The Morgan fingerprint density at radius 2 is 1.95 bits per heavy atom. The van der Waals surface area contributed by atoms with Crippen molar-refractivity contribution < 1.29 is 4.39 Å². The second-order valence-corrected chi connectivity index (χ2v) is 5.03. The number of aryl methyl sites for hydroxylation is 1. The van der Waals surface area contributed by atoms with Gasteiger partial charge in [-0.05, 0) is 35.6 Å². The first kappa shape index (κ1) is 13.7. The van der Waals surface area contributed by atoms with Gasteiger partial charge in [0.15, 0.2) is 0 Å². The number of nitrogens with zero attached hydrogens (tertiary/aromatic N) is 1. The number of hydrogen-bond acceptors (Lipinski definition) is 3. The molecule has 1 aromatic heterocycles. The van der Waals surface area contributed by atoms with Crippen molar-refractivity contribution in [1.82, 2.24) is 10.4 Å². The van der Waals surface area contributed by atoms with E-state index in [9.17, 15) is 4.39 Å². The molecule has 1 unspecified atom stereocenters. The first-order valence-electron chi connectivity index (χ1n) is 6.76. The van der Waals surface area contributed by atoms with Crippen LogP contribution in [-0.4, -0.2) is 4.98 Å². The van der Waals surface area contributed by atoms with Gasteiger partial charge in [-0.1, -0.05) is 36.4 Å². The summed E-state index contributed by atoms with van der Waals surface area (Å²) in [4.78, 5) is 4.47. The Kier molecular flexibility index (Phi) is 3.64. The van der Waals surface area contributed by atoms with Crippen molar-refractivity contribution in [3.63, 3.8) is 0 Å². The molecule has 4 heteroatoms. The van der Waals surface area contributed by atoms with Crippen molar-refractivity contribution in [2.24, 2.45) is 5.84 Å². The number of nitrogens with two attached hydrogens (primary N) is 1. The SMILES string of the molecule is Cc1cc(C(NN)c2nccc3ccccc23)ccc1F. The predicted molar refractivity (Wildman–Crippen MR) is 82.0 cm³/mol. The number of hydrogen-bond donors (Lipinski definition) is 2. The molecule has 0 fully saturated rings. The second kappa shape index (κ2) is 5.60. The van der Waals surface area contributed by atoms with E-state index in [1.54, 1.807) is 25.3 Å². The maximum atomic E-state index is 13.5. The molecule has 0 aliphatic heterocycles. The van der Waals surface area contributed by atoms with Gasteiger partial charge in [-0.25, -0.2) is 9.82 Å². The third-order valence-corrected chi connectivity index (χ3v) is 3.66. The quantitative estimate of drug-likeness (QED) is 0.572. The molecule has 3 N–H and O–H groups in total. The molecule has 0 saturated heterocycles. The van der Waals surface area contributed by atoms with Gasteiger partial charge in [0.05, 0.1) is 11.7 Å². The van der Waals surface area contributed by atoms with Crippen molar-refractivity contribution in [1.29, 1.82) is 0 Å². The molecule has 106 valence electrons. The first-order chi connectivity index (χ1) is 10.2. The zero-order valence-corrected chi connectivity index (χ0v) is 11.7. The molecule has 3 rings (SSSR count). The number of hydrazine groups is 1. The minimum atomic E-state index is -0.282. The highest BCUT2D eigenvalue weighted by Crippen LogP contribution is 2.27. The van der Waals surface area contributed by atoms with Crippen LogP contribution in [0, 0.1) is 12.7 Å². The summed E-state index contributed by atoms with van der Waals surface area (Å²) >= 11 is 0. The highest BCUT2D eigenvalue weighted by Gasteiger charge is 2.17. The van der Waals surface area contributed by atoms with Gasteiger partial charge < -0.3 is 0 Å². The summed E-state index contributed by atoms with van der Waals surface area (Å²) in [7, 11) is 0. The molecule has 0 aliphatic rings. The Morgan fingerprint density at radius 1 is 1.14 bits per heavy atom. The fourth-order valence-electron chi connectivity index (χ4n) is 2.55.